The van der Waals surface area contributed by atoms with E-state index in [1.54, 1.807) is 44.6 Å². The molecule has 2 rings (SSSR count). The van der Waals surface area contributed by atoms with E-state index < -0.39 is 0 Å². The van der Waals surface area contributed by atoms with Gasteiger partial charge in [0.1, 0.15) is 11.5 Å². The van der Waals surface area contributed by atoms with Crippen molar-refractivity contribution in [2.24, 2.45) is 0 Å². The highest BCUT2D eigenvalue weighted by molar-refractivity contribution is 7.80. The van der Waals surface area contributed by atoms with Gasteiger partial charge in [0.25, 0.3) is 5.91 Å². The molecule has 6 heteroatoms. The first kappa shape index (κ1) is 19.7. The van der Waals surface area contributed by atoms with Crippen LogP contribution < -0.4 is 20.1 Å². The Morgan fingerprint density at radius 1 is 1.00 bits per heavy atom. The summed E-state index contributed by atoms with van der Waals surface area (Å²) in [6, 6.07) is 12.8. The number of methoxy groups -OCH3 is 2. The van der Waals surface area contributed by atoms with Gasteiger partial charge in [-0.3, -0.25) is 10.1 Å². The van der Waals surface area contributed by atoms with Crippen LogP contribution in [0.3, 0.4) is 0 Å². The third-order valence-electron chi connectivity index (χ3n) is 3.90. The quantitative estimate of drug-likeness (QED) is 0.791. The van der Waals surface area contributed by atoms with Gasteiger partial charge in [-0.15, -0.1) is 0 Å². The molecule has 0 aliphatic heterocycles. The first-order valence-electron chi connectivity index (χ1n) is 8.19. The second kappa shape index (κ2) is 8.19. The number of carbonyl (C=O) groups is 1. The van der Waals surface area contributed by atoms with Crippen LogP contribution in [-0.4, -0.2) is 25.2 Å². The fraction of sp³-hybridized carbons (Fsp3) is 0.300. The van der Waals surface area contributed by atoms with E-state index in [-0.39, 0.29) is 16.4 Å². The van der Waals surface area contributed by atoms with Gasteiger partial charge in [-0.2, -0.15) is 0 Å². The standard InChI is InChI=1S/C20H24N2O3S/c1-20(2,3)14-8-6-13(7-9-14)18(23)22-19(26)21-16-12-15(24-4)10-11-17(16)25-5/h6-12H,1-5H3,(H2,21,22,23,26). The minimum Gasteiger partial charge on any atom is -0.497 e. The molecule has 0 fully saturated rings. The van der Waals surface area contributed by atoms with Gasteiger partial charge in [0.15, 0.2) is 5.11 Å². The van der Waals surface area contributed by atoms with Crippen LogP contribution in [0, 0.1) is 0 Å². The molecule has 0 radical (unpaired) electrons. The maximum Gasteiger partial charge on any atom is 0.257 e. The minimum absolute atomic E-state index is 0.0365. The van der Waals surface area contributed by atoms with Crippen molar-refractivity contribution in [3.8, 4) is 11.5 Å². The summed E-state index contributed by atoms with van der Waals surface area (Å²) in [6.45, 7) is 6.38. The highest BCUT2D eigenvalue weighted by atomic mass is 32.1. The maximum absolute atomic E-state index is 12.4. The lowest BCUT2D eigenvalue weighted by atomic mass is 9.87. The van der Waals surface area contributed by atoms with Crippen molar-refractivity contribution < 1.29 is 14.3 Å². The van der Waals surface area contributed by atoms with Crippen molar-refractivity contribution in [1.29, 1.82) is 0 Å². The second-order valence-corrected chi connectivity index (χ2v) is 7.21. The van der Waals surface area contributed by atoms with Gasteiger partial charge in [0.2, 0.25) is 0 Å². The number of nitrogens with one attached hydrogen (secondary N) is 2. The van der Waals surface area contributed by atoms with Crippen LogP contribution in [0.25, 0.3) is 0 Å². The van der Waals surface area contributed by atoms with E-state index >= 15 is 0 Å². The summed E-state index contributed by atoms with van der Waals surface area (Å²) in [5.41, 5.74) is 2.35. The molecule has 2 aromatic carbocycles. The van der Waals surface area contributed by atoms with Gasteiger partial charge in [0.05, 0.1) is 19.9 Å². The van der Waals surface area contributed by atoms with Crippen LogP contribution in [0.15, 0.2) is 42.5 Å². The zero-order chi connectivity index (χ0) is 19.3. The van der Waals surface area contributed by atoms with Crippen LogP contribution in [0.4, 0.5) is 5.69 Å². The summed E-state index contributed by atoms with van der Waals surface area (Å²) in [7, 11) is 3.14. The highest BCUT2D eigenvalue weighted by Gasteiger charge is 2.15. The van der Waals surface area contributed by atoms with E-state index in [1.807, 2.05) is 12.1 Å². The van der Waals surface area contributed by atoms with E-state index in [1.165, 1.54) is 0 Å². The maximum atomic E-state index is 12.4. The van der Waals surface area contributed by atoms with E-state index in [0.717, 1.165) is 5.56 Å². The molecule has 1 amide bonds. The Morgan fingerprint density at radius 3 is 2.19 bits per heavy atom. The number of thiocarbonyl (C=S) groups is 1. The minimum atomic E-state index is -0.273. The summed E-state index contributed by atoms with van der Waals surface area (Å²) in [6.07, 6.45) is 0. The van der Waals surface area contributed by atoms with Crippen LogP contribution in [0.1, 0.15) is 36.7 Å². The summed E-state index contributed by atoms with van der Waals surface area (Å²) >= 11 is 5.24. The van der Waals surface area contributed by atoms with Gasteiger partial charge in [0, 0.05) is 11.6 Å². The van der Waals surface area contributed by atoms with E-state index in [0.29, 0.717) is 22.7 Å². The second-order valence-electron chi connectivity index (χ2n) is 6.80. The first-order chi connectivity index (χ1) is 12.2. The number of hydrogen-bond donors (Lipinski definition) is 2. The lowest BCUT2D eigenvalue weighted by Crippen LogP contribution is -2.34. The number of rotatable bonds is 4. The smallest absolute Gasteiger partial charge is 0.257 e. The SMILES string of the molecule is COc1ccc(OC)c(NC(=S)NC(=O)c2ccc(C(C)(C)C)cc2)c1. The van der Waals surface area contributed by atoms with Gasteiger partial charge < -0.3 is 14.8 Å². The fourth-order valence-corrected chi connectivity index (χ4v) is 2.56. The summed E-state index contributed by atoms with van der Waals surface area (Å²) in [4.78, 5) is 12.4. The molecule has 0 aliphatic carbocycles. The lowest BCUT2D eigenvalue weighted by Gasteiger charge is -2.19. The molecule has 0 aliphatic rings. The summed E-state index contributed by atoms with van der Waals surface area (Å²) < 4.78 is 10.5. The Morgan fingerprint density at radius 2 is 1.65 bits per heavy atom. The van der Waals surface area contributed by atoms with Crippen LogP contribution >= 0.6 is 12.2 Å². The molecule has 2 aromatic rings. The van der Waals surface area contributed by atoms with Crippen LogP contribution in [0.2, 0.25) is 0 Å². The molecule has 0 heterocycles. The molecule has 0 aromatic heterocycles. The Kier molecular flexibility index (Phi) is 6.21. The number of benzene rings is 2. The molecule has 138 valence electrons. The molecular formula is C20H24N2O3S. The van der Waals surface area contributed by atoms with Crippen molar-refractivity contribution in [3.05, 3.63) is 53.6 Å². The fourth-order valence-electron chi connectivity index (χ4n) is 2.36. The number of hydrogen-bond acceptors (Lipinski definition) is 4. The Bertz CT molecular complexity index is 796. The molecule has 0 spiro atoms. The Labute approximate surface area is 159 Å². The Hall–Kier alpha value is -2.60. The van der Waals surface area contributed by atoms with Crippen molar-refractivity contribution in [2.45, 2.75) is 26.2 Å². The van der Waals surface area contributed by atoms with E-state index in [4.69, 9.17) is 21.7 Å². The molecule has 0 atom stereocenters. The van der Waals surface area contributed by atoms with Crippen LogP contribution in [-0.2, 0) is 5.41 Å². The molecule has 0 saturated heterocycles. The highest BCUT2D eigenvalue weighted by Crippen LogP contribution is 2.28. The third kappa shape index (κ3) is 4.95. The van der Waals surface area contributed by atoms with Gasteiger partial charge >= 0.3 is 0 Å². The number of ether oxygens (including phenoxy) is 2. The van der Waals surface area contributed by atoms with Crippen LogP contribution in [0.5, 0.6) is 11.5 Å². The summed E-state index contributed by atoms with van der Waals surface area (Å²) in [5.74, 6) is 0.974. The predicted molar refractivity (Wildman–Crippen MR) is 108 cm³/mol. The lowest BCUT2D eigenvalue weighted by molar-refractivity contribution is 0.0977. The number of carbonyl (C=O) groups excluding carboxylic acids is 1. The topological polar surface area (TPSA) is 59.6 Å². The Balaban J connectivity index is 2.07. The predicted octanol–water partition coefficient (Wildman–Crippen LogP) is 4.13. The van der Waals surface area contributed by atoms with Gasteiger partial charge in [-0.1, -0.05) is 32.9 Å². The largest absolute Gasteiger partial charge is 0.497 e. The van der Waals surface area contributed by atoms with Crippen molar-refractivity contribution >= 4 is 28.9 Å². The molecule has 0 bridgehead atoms. The van der Waals surface area contributed by atoms with Gasteiger partial charge in [-0.25, -0.2) is 0 Å². The van der Waals surface area contributed by atoms with Crippen molar-refractivity contribution in [3.63, 3.8) is 0 Å². The summed E-state index contributed by atoms with van der Waals surface area (Å²) in [5, 5.41) is 5.83. The molecule has 26 heavy (non-hydrogen) atoms. The third-order valence-corrected chi connectivity index (χ3v) is 4.10. The average molecular weight is 372 g/mol. The molecule has 5 nitrogen and oxygen atoms in total. The van der Waals surface area contributed by atoms with E-state index in [9.17, 15) is 4.79 Å². The molecule has 0 unspecified atom stereocenters. The van der Waals surface area contributed by atoms with Crippen molar-refractivity contribution in [1.82, 2.24) is 5.32 Å². The van der Waals surface area contributed by atoms with Gasteiger partial charge in [-0.05, 0) is 47.5 Å². The first-order valence-corrected chi connectivity index (χ1v) is 8.60. The molecule has 2 N–H and O–H groups in total. The molecular weight excluding hydrogens is 348 g/mol. The molecule has 0 saturated carbocycles. The van der Waals surface area contributed by atoms with E-state index in [2.05, 4.69) is 31.4 Å². The normalized spacial score (nSPS) is 10.8. The zero-order valence-electron chi connectivity index (χ0n) is 15.7. The average Bonchev–Trinajstić information content (AvgIpc) is 2.60. The number of amides is 1. The number of anilines is 1. The monoisotopic (exact) mass is 372 g/mol. The van der Waals surface area contributed by atoms with Crippen molar-refractivity contribution in [2.75, 3.05) is 19.5 Å². The zero-order valence-corrected chi connectivity index (χ0v) is 16.5.